The van der Waals surface area contributed by atoms with Crippen LogP contribution in [-0.2, 0) is 6.18 Å². The van der Waals surface area contributed by atoms with Crippen molar-refractivity contribution in [3.63, 3.8) is 0 Å². The second kappa shape index (κ2) is 10.2. The number of piperazine rings is 1. The second-order valence-corrected chi connectivity index (χ2v) is 9.45. The van der Waals surface area contributed by atoms with E-state index in [1.807, 2.05) is 6.92 Å². The third-order valence-electron chi connectivity index (χ3n) is 7.15. The van der Waals surface area contributed by atoms with Gasteiger partial charge < -0.3 is 24.9 Å². The van der Waals surface area contributed by atoms with E-state index in [0.29, 0.717) is 48.9 Å². The Morgan fingerprint density at radius 3 is 2.41 bits per heavy atom. The molecule has 0 atom stereocenters. The Balaban J connectivity index is 1.45. The van der Waals surface area contributed by atoms with Crippen molar-refractivity contribution in [2.24, 2.45) is 0 Å². The highest BCUT2D eigenvalue weighted by molar-refractivity contribution is 6.13. The number of likely N-dealkylation sites (N-methyl/N-ethyl adjacent to an activating group) is 1. The van der Waals surface area contributed by atoms with Crippen molar-refractivity contribution in [2.75, 3.05) is 61.9 Å². The van der Waals surface area contributed by atoms with Crippen LogP contribution in [0.15, 0.2) is 48.7 Å². The van der Waals surface area contributed by atoms with Crippen LogP contribution in [0, 0.1) is 0 Å². The molecule has 0 bridgehead atoms. The molecule has 3 aromatic rings. The summed E-state index contributed by atoms with van der Waals surface area (Å²) in [5.74, 6) is -0.420. The first-order valence-electron chi connectivity index (χ1n) is 12.6. The minimum Gasteiger partial charge on any atom is -0.336 e. The minimum atomic E-state index is -4.74. The van der Waals surface area contributed by atoms with Gasteiger partial charge in [0.05, 0.1) is 28.6 Å². The molecule has 2 aromatic carbocycles. The Morgan fingerprint density at radius 2 is 1.72 bits per heavy atom. The Hall–Kier alpha value is -4.19. The van der Waals surface area contributed by atoms with Gasteiger partial charge in [-0.3, -0.25) is 9.59 Å². The molecule has 3 heterocycles. The first-order chi connectivity index (χ1) is 18.6. The molecule has 0 unspecified atom stereocenters. The number of nitrogens with zero attached hydrogens (tertiary/aromatic N) is 6. The number of benzene rings is 2. The molecule has 1 fully saturated rings. The van der Waals surface area contributed by atoms with E-state index in [1.165, 1.54) is 28.1 Å². The molecular weight excluding hydrogens is 511 g/mol. The van der Waals surface area contributed by atoms with Crippen LogP contribution in [0.4, 0.5) is 42.0 Å². The monoisotopic (exact) mass is 539 g/mol. The largest absolute Gasteiger partial charge is 0.417 e. The predicted octanol–water partition coefficient (Wildman–Crippen LogP) is 4.37. The number of alkyl halides is 3. The third kappa shape index (κ3) is 4.99. The zero-order valence-electron chi connectivity index (χ0n) is 21.8. The quantitative estimate of drug-likeness (QED) is 0.527. The summed E-state index contributed by atoms with van der Waals surface area (Å²) in [4.78, 5) is 41.6. The molecular formula is C27H28F3N7O2. The Labute approximate surface area is 223 Å². The standard InChI is InChI=1S/C27H28F3N7O2/c1-4-36-11-13-37(14-12-36)25(39)18-10-9-17(15-20(18)27(28,29)30)32-26-31-16-22-23(33-26)34(2)21-8-6-5-7-19(21)24(38)35(22)3/h5-10,15-16H,4,11-14H2,1-3H3,(H,31,32,33). The van der Waals surface area contributed by atoms with E-state index in [9.17, 15) is 22.8 Å². The molecule has 0 spiro atoms. The molecule has 2 amide bonds. The number of halogens is 3. The van der Waals surface area contributed by atoms with Gasteiger partial charge in [0.25, 0.3) is 11.8 Å². The van der Waals surface area contributed by atoms with Gasteiger partial charge in [0, 0.05) is 46.0 Å². The SMILES string of the molecule is CCN1CCN(C(=O)c2ccc(Nc3ncc4c(n3)N(C)c3ccccc3C(=O)N4C)cc2C(F)(F)F)CC1. The predicted molar refractivity (Wildman–Crippen MR) is 142 cm³/mol. The summed E-state index contributed by atoms with van der Waals surface area (Å²) in [5.41, 5.74) is 0.236. The number of anilines is 5. The highest BCUT2D eigenvalue weighted by atomic mass is 19.4. The van der Waals surface area contributed by atoms with E-state index >= 15 is 0 Å². The number of carbonyl (C=O) groups is 2. The van der Waals surface area contributed by atoms with Crippen LogP contribution < -0.4 is 15.1 Å². The van der Waals surface area contributed by atoms with E-state index in [-0.39, 0.29) is 17.5 Å². The van der Waals surface area contributed by atoms with Crippen molar-refractivity contribution in [3.8, 4) is 0 Å². The molecule has 1 saturated heterocycles. The molecule has 0 saturated carbocycles. The molecule has 1 N–H and O–H groups in total. The molecule has 5 rings (SSSR count). The van der Waals surface area contributed by atoms with Crippen molar-refractivity contribution < 1.29 is 22.8 Å². The maximum atomic E-state index is 14.1. The number of nitrogens with one attached hydrogen (secondary N) is 1. The zero-order valence-corrected chi connectivity index (χ0v) is 21.8. The average Bonchev–Trinajstić information content (AvgIpc) is 3.02. The summed E-state index contributed by atoms with van der Waals surface area (Å²) in [6, 6.07) is 10.6. The lowest BCUT2D eigenvalue weighted by atomic mass is 10.0. The average molecular weight is 540 g/mol. The fourth-order valence-electron chi connectivity index (χ4n) is 4.87. The highest BCUT2D eigenvalue weighted by Gasteiger charge is 2.37. The Kier molecular flexibility index (Phi) is 6.89. The third-order valence-corrected chi connectivity index (χ3v) is 7.15. The smallest absolute Gasteiger partial charge is 0.336 e. The van der Waals surface area contributed by atoms with E-state index in [4.69, 9.17) is 0 Å². The number of hydrogen-bond acceptors (Lipinski definition) is 7. The first kappa shape index (κ1) is 26.4. The molecule has 0 aliphatic carbocycles. The van der Waals surface area contributed by atoms with Crippen LogP contribution in [-0.4, -0.2) is 78.4 Å². The van der Waals surface area contributed by atoms with Gasteiger partial charge in [0.2, 0.25) is 5.95 Å². The van der Waals surface area contributed by atoms with Crippen LogP contribution in [0.25, 0.3) is 0 Å². The van der Waals surface area contributed by atoms with E-state index in [0.717, 1.165) is 12.6 Å². The second-order valence-electron chi connectivity index (χ2n) is 9.45. The number of carbonyl (C=O) groups excluding carboxylic acids is 2. The van der Waals surface area contributed by atoms with Crippen LogP contribution in [0.5, 0.6) is 0 Å². The zero-order chi connectivity index (χ0) is 27.9. The van der Waals surface area contributed by atoms with E-state index in [2.05, 4.69) is 20.2 Å². The topological polar surface area (TPSA) is 84.9 Å². The summed E-state index contributed by atoms with van der Waals surface area (Å²) in [6.45, 7) is 4.83. The maximum Gasteiger partial charge on any atom is 0.417 e. The minimum absolute atomic E-state index is 0.0451. The summed E-state index contributed by atoms with van der Waals surface area (Å²) in [5, 5.41) is 2.83. The molecule has 1 aromatic heterocycles. The maximum absolute atomic E-state index is 14.1. The molecule has 0 radical (unpaired) electrons. The fraction of sp³-hybridized carbons (Fsp3) is 0.333. The summed E-state index contributed by atoms with van der Waals surface area (Å²) >= 11 is 0. The van der Waals surface area contributed by atoms with Gasteiger partial charge in [-0.2, -0.15) is 18.2 Å². The van der Waals surface area contributed by atoms with Crippen molar-refractivity contribution in [1.82, 2.24) is 19.8 Å². The molecule has 2 aliphatic heterocycles. The van der Waals surface area contributed by atoms with Crippen molar-refractivity contribution in [2.45, 2.75) is 13.1 Å². The van der Waals surface area contributed by atoms with Crippen LogP contribution >= 0.6 is 0 Å². The highest BCUT2D eigenvalue weighted by Crippen LogP contribution is 2.39. The molecule has 9 nitrogen and oxygen atoms in total. The van der Waals surface area contributed by atoms with Gasteiger partial charge in [-0.05, 0) is 36.9 Å². The lowest BCUT2D eigenvalue weighted by molar-refractivity contribution is -0.138. The van der Waals surface area contributed by atoms with Gasteiger partial charge in [-0.1, -0.05) is 19.1 Å². The fourth-order valence-corrected chi connectivity index (χ4v) is 4.87. The number of fused-ring (bicyclic) bond motifs is 2. The van der Waals surface area contributed by atoms with Crippen molar-refractivity contribution >= 4 is 40.6 Å². The first-order valence-corrected chi connectivity index (χ1v) is 12.6. The van der Waals surface area contributed by atoms with E-state index in [1.54, 1.807) is 43.3 Å². The molecule has 12 heteroatoms. The van der Waals surface area contributed by atoms with Gasteiger partial charge in [0.1, 0.15) is 5.69 Å². The number of amides is 2. The summed E-state index contributed by atoms with van der Waals surface area (Å²) in [7, 11) is 3.37. The van der Waals surface area contributed by atoms with Crippen molar-refractivity contribution in [1.29, 1.82) is 0 Å². The van der Waals surface area contributed by atoms with E-state index < -0.39 is 23.2 Å². The number of rotatable bonds is 4. The number of para-hydroxylation sites is 1. The number of aromatic nitrogens is 2. The Morgan fingerprint density at radius 1 is 1.00 bits per heavy atom. The van der Waals surface area contributed by atoms with Crippen LogP contribution in [0.1, 0.15) is 33.2 Å². The van der Waals surface area contributed by atoms with Gasteiger partial charge in [0.15, 0.2) is 5.82 Å². The summed E-state index contributed by atoms with van der Waals surface area (Å²) in [6.07, 6.45) is -3.29. The number of hydrogen-bond donors (Lipinski definition) is 1. The van der Waals surface area contributed by atoms with Gasteiger partial charge in [-0.15, -0.1) is 0 Å². The lowest BCUT2D eigenvalue weighted by Gasteiger charge is -2.34. The molecule has 2 aliphatic rings. The Bertz CT molecular complexity index is 1420. The van der Waals surface area contributed by atoms with Crippen LogP contribution in [0.2, 0.25) is 0 Å². The van der Waals surface area contributed by atoms with Gasteiger partial charge >= 0.3 is 6.18 Å². The van der Waals surface area contributed by atoms with Gasteiger partial charge in [-0.25, -0.2) is 4.98 Å². The van der Waals surface area contributed by atoms with Crippen molar-refractivity contribution in [3.05, 3.63) is 65.4 Å². The summed E-state index contributed by atoms with van der Waals surface area (Å²) < 4.78 is 42.2. The molecule has 39 heavy (non-hydrogen) atoms. The lowest BCUT2D eigenvalue weighted by Crippen LogP contribution is -2.48. The molecule has 204 valence electrons. The normalized spacial score (nSPS) is 16.1. The van der Waals surface area contributed by atoms with Crippen LogP contribution in [0.3, 0.4) is 0 Å².